The number of amides is 2. The number of aryl methyl sites for hydroxylation is 3. The number of likely N-dealkylation sites (N-methyl/N-ethyl adjacent to an activating group) is 1. The molecule has 2 amide bonds. The number of benzene rings is 1. The summed E-state index contributed by atoms with van der Waals surface area (Å²) in [7, 11) is -1.49. The van der Waals surface area contributed by atoms with Crippen LogP contribution in [0.5, 0.6) is 0 Å². The molecule has 1 aromatic carbocycles. The van der Waals surface area contributed by atoms with Crippen LogP contribution in [0.3, 0.4) is 0 Å². The zero-order valence-corrected chi connectivity index (χ0v) is 20.8. The molecule has 190 valence electrons. The molecule has 10 nitrogen and oxygen atoms in total. The summed E-state index contributed by atoms with van der Waals surface area (Å²) in [4.78, 5) is 14.8. The van der Waals surface area contributed by atoms with E-state index in [0.29, 0.717) is 5.69 Å². The van der Waals surface area contributed by atoms with E-state index >= 15 is 0 Å². The summed E-state index contributed by atoms with van der Waals surface area (Å²) in [6, 6.07) is 0.157. The topological polar surface area (TPSA) is 115 Å². The van der Waals surface area contributed by atoms with Crippen molar-refractivity contribution >= 4 is 27.6 Å². The highest BCUT2D eigenvalue weighted by atomic mass is 32.2. The molecule has 2 heterocycles. The molecule has 35 heavy (non-hydrogen) atoms. The predicted molar refractivity (Wildman–Crippen MR) is 129 cm³/mol. The van der Waals surface area contributed by atoms with Crippen molar-refractivity contribution in [1.82, 2.24) is 14.7 Å². The third kappa shape index (κ3) is 4.44. The van der Waals surface area contributed by atoms with Gasteiger partial charge in [-0.3, -0.25) is 10.00 Å². The summed E-state index contributed by atoms with van der Waals surface area (Å²) in [6.45, 7) is 0.402. The van der Waals surface area contributed by atoms with E-state index in [1.807, 2.05) is 0 Å². The molecule has 0 saturated carbocycles. The van der Waals surface area contributed by atoms with Crippen LogP contribution in [-0.2, 0) is 42.9 Å². The number of nitrogens with zero attached hydrogens (tertiary/aromatic N) is 4. The van der Waals surface area contributed by atoms with Gasteiger partial charge in [0.2, 0.25) is 0 Å². The maximum atomic E-state index is 14.4. The Hall–Kier alpha value is -2.54. The van der Waals surface area contributed by atoms with Crippen LogP contribution in [0, 0.1) is 5.21 Å². The molecule has 0 bridgehead atoms. The van der Waals surface area contributed by atoms with E-state index in [9.17, 15) is 22.8 Å². The molecule has 1 saturated heterocycles. The van der Waals surface area contributed by atoms with Crippen LogP contribution < -0.4 is 14.1 Å². The first kappa shape index (κ1) is 24.2. The van der Waals surface area contributed by atoms with Crippen LogP contribution in [-0.4, -0.2) is 61.5 Å². The van der Waals surface area contributed by atoms with Crippen molar-refractivity contribution in [3.8, 4) is 0 Å². The lowest BCUT2D eigenvalue weighted by Crippen LogP contribution is -3.14. The number of anilines is 2. The minimum Gasteiger partial charge on any atom is -0.608 e. The Morgan fingerprint density at radius 2 is 1.83 bits per heavy atom. The molecule has 1 aromatic heterocycles. The van der Waals surface area contributed by atoms with Crippen LogP contribution in [0.4, 0.5) is 20.6 Å². The summed E-state index contributed by atoms with van der Waals surface area (Å²) in [6.07, 6.45) is 6.73. The summed E-state index contributed by atoms with van der Waals surface area (Å²) >= 11 is 0. The van der Waals surface area contributed by atoms with E-state index in [4.69, 9.17) is 0 Å². The third-order valence-electron chi connectivity index (χ3n) is 7.23. The molecule has 2 aromatic rings. The molecular weight excluding hydrogens is 475 g/mol. The standard InChI is InChI=1S/C23H31FN6O4S/c1-27-12-17(24)10-18(13-27)29(19-11-25-28(2)14-19)35(33,34)30(32)23(31)26-22-20-7-3-5-15(20)9-16-6-4-8-21(16)22/h9,11,14,17-18,30H,3-8,10,12-13H2,1-2H3,(H,26,31). The maximum absolute atomic E-state index is 14.4. The fourth-order valence-corrected chi connectivity index (χ4v) is 7.17. The number of halogens is 1. The molecule has 3 unspecified atom stereocenters. The number of likely N-dealkylation sites (tertiary alicyclic amines) is 1. The minimum absolute atomic E-state index is 0.0763. The van der Waals surface area contributed by atoms with Gasteiger partial charge in [-0.15, -0.1) is 0 Å². The fraction of sp³-hybridized carbons (Fsp3) is 0.565. The number of piperidine rings is 1. The molecule has 0 radical (unpaired) electrons. The summed E-state index contributed by atoms with van der Waals surface area (Å²) in [5.74, 6) is 0. The number of hydrogen-bond acceptors (Lipinski definition) is 6. The number of hydrogen-bond donors (Lipinski definition) is 2. The quantitative estimate of drug-likeness (QED) is 0.587. The van der Waals surface area contributed by atoms with Gasteiger partial charge in [0.1, 0.15) is 6.17 Å². The number of quaternary nitrogens is 1. The molecule has 0 spiro atoms. The average Bonchev–Trinajstić information content (AvgIpc) is 3.53. The second-order valence-electron chi connectivity index (χ2n) is 9.86. The van der Waals surface area contributed by atoms with Gasteiger partial charge in [-0.25, -0.2) is 13.5 Å². The number of rotatable bonds is 5. The number of nitrogens with one attached hydrogen (secondary N) is 2. The number of urea groups is 1. The first-order chi connectivity index (χ1) is 16.6. The van der Waals surface area contributed by atoms with E-state index in [0.717, 1.165) is 65.1 Å². The van der Waals surface area contributed by atoms with E-state index in [-0.39, 0.29) is 25.2 Å². The first-order valence-electron chi connectivity index (χ1n) is 12.0. The van der Waals surface area contributed by atoms with Crippen molar-refractivity contribution in [2.45, 2.75) is 57.2 Å². The van der Waals surface area contributed by atoms with Crippen molar-refractivity contribution in [1.29, 1.82) is 0 Å². The normalized spacial score (nSPS) is 23.1. The van der Waals surface area contributed by atoms with Crippen LogP contribution >= 0.6 is 0 Å². The zero-order valence-electron chi connectivity index (χ0n) is 20.0. The molecule has 3 aliphatic rings. The number of carbonyl (C=O) groups is 1. The van der Waals surface area contributed by atoms with Gasteiger partial charge in [-0.1, -0.05) is 6.07 Å². The highest BCUT2D eigenvalue weighted by Crippen LogP contribution is 2.38. The predicted octanol–water partition coefficient (Wildman–Crippen LogP) is 1.11. The second kappa shape index (κ2) is 9.16. The van der Waals surface area contributed by atoms with Crippen molar-refractivity contribution in [2.75, 3.05) is 29.8 Å². The second-order valence-corrected chi connectivity index (χ2v) is 11.6. The summed E-state index contributed by atoms with van der Waals surface area (Å²) < 4.78 is 42.3. The minimum atomic E-state index is -4.80. The molecule has 2 N–H and O–H groups in total. The Bertz CT molecular complexity index is 1210. The smallest absolute Gasteiger partial charge is 0.436 e. The Balaban J connectivity index is 1.46. The first-order valence-corrected chi connectivity index (χ1v) is 13.5. The van der Waals surface area contributed by atoms with Gasteiger partial charge in [0, 0.05) is 32.8 Å². The lowest BCUT2D eigenvalue weighted by Gasteiger charge is -2.39. The lowest BCUT2D eigenvalue weighted by molar-refractivity contribution is -0.604. The van der Waals surface area contributed by atoms with Crippen LogP contribution in [0.25, 0.3) is 0 Å². The van der Waals surface area contributed by atoms with Crippen molar-refractivity contribution < 1.29 is 22.1 Å². The Morgan fingerprint density at radius 1 is 1.17 bits per heavy atom. The molecule has 2 aliphatic carbocycles. The number of hydroxylamine groups is 1. The molecule has 5 rings (SSSR count). The van der Waals surface area contributed by atoms with Gasteiger partial charge >= 0.3 is 16.2 Å². The van der Waals surface area contributed by atoms with Gasteiger partial charge in [0.25, 0.3) is 0 Å². The molecule has 3 atom stereocenters. The Kier molecular flexibility index (Phi) is 6.32. The van der Waals surface area contributed by atoms with Gasteiger partial charge in [-0.2, -0.15) is 18.0 Å². The number of alkyl halides is 1. The van der Waals surface area contributed by atoms with Gasteiger partial charge < -0.3 is 10.1 Å². The lowest BCUT2D eigenvalue weighted by atomic mass is 9.99. The monoisotopic (exact) mass is 506 g/mol. The zero-order chi connectivity index (χ0) is 24.9. The number of carbonyl (C=O) groups excluding carboxylic acids is 1. The average molecular weight is 507 g/mol. The fourth-order valence-electron chi connectivity index (χ4n) is 5.79. The van der Waals surface area contributed by atoms with Gasteiger partial charge in [0.05, 0.1) is 23.6 Å². The van der Waals surface area contributed by atoms with Crippen LogP contribution in [0.15, 0.2) is 18.5 Å². The largest absolute Gasteiger partial charge is 0.608 e. The number of fused-ring (bicyclic) bond motifs is 2. The van der Waals surface area contributed by atoms with Crippen molar-refractivity contribution in [3.05, 3.63) is 45.9 Å². The SMILES string of the molecule is CN1CC(F)CC(N(c2cnn(C)c2)S(=O)(=O)[NH+]([O-])C(=O)Nc2c3c(cc4c2CCC4)CCC3)C1. The summed E-state index contributed by atoms with van der Waals surface area (Å²) in [5, 5.41) is 19.9. The molecule has 12 heteroatoms. The molecule has 1 fully saturated rings. The van der Waals surface area contributed by atoms with Crippen molar-refractivity contribution in [3.63, 3.8) is 0 Å². The van der Waals surface area contributed by atoms with E-state index in [1.165, 1.54) is 17.1 Å². The summed E-state index contributed by atoms with van der Waals surface area (Å²) in [5.41, 5.74) is 5.06. The molecular formula is C23H31FN6O4S. The molecule has 1 aliphatic heterocycles. The van der Waals surface area contributed by atoms with Crippen LogP contribution in [0.1, 0.15) is 41.5 Å². The number of aromatic nitrogens is 2. The van der Waals surface area contributed by atoms with Crippen molar-refractivity contribution in [2.24, 2.45) is 7.05 Å². The van der Waals surface area contributed by atoms with Crippen LogP contribution in [0.2, 0.25) is 0 Å². The Morgan fingerprint density at radius 3 is 2.40 bits per heavy atom. The third-order valence-corrected chi connectivity index (χ3v) is 8.91. The van der Waals surface area contributed by atoms with E-state index in [2.05, 4.69) is 16.5 Å². The van der Waals surface area contributed by atoms with E-state index < -0.39 is 32.9 Å². The maximum Gasteiger partial charge on any atom is 0.436 e. The van der Waals surface area contributed by atoms with Gasteiger partial charge in [0.15, 0.2) is 0 Å². The van der Waals surface area contributed by atoms with Gasteiger partial charge in [-0.05, 0) is 67.8 Å². The highest BCUT2D eigenvalue weighted by molar-refractivity contribution is 7.86. The van der Waals surface area contributed by atoms with E-state index in [1.54, 1.807) is 19.0 Å². The Labute approximate surface area is 204 Å². The highest BCUT2D eigenvalue weighted by Gasteiger charge is 2.42.